The molecule has 0 fully saturated rings. The number of rotatable bonds is 8. The van der Waals surface area contributed by atoms with Crippen molar-refractivity contribution in [2.24, 2.45) is 0 Å². The first kappa shape index (κ1) is 18.8. The van der Waals surface area contributed by atoms with Crippen LogP contribution in [-0.4, -0.2) is 29.6 Å². The summed E-state index contributed by atoms with van der Waals surface area (Å²) in [6, 6.07) is 11.6. The van der Waals surface area contributed by atoms with Gasteiger partial charge in [-0.25, -0.2) is 0 Å². The second-order valence-corrected chi connectivity index (χ2v) is 6.29. The van der Waals surface area contributed by atoms with E-state index in [9.17, 15) is 9.59 Å². The van der Waals surface area contributed by atoms with Gasteiger partial charge < -0.3 is 15.2 Å². The van der Waals surface area contributed by atoms with Crippen LogP contribution in [0, 0.1) is 0 Å². The number of fused-ring (bicyclic) bond motifs is 1. The summed E-state index contributed by atoms with van der Waals surface area (Å²) in [4.78, 5) is 23.7. The molecule has 2 aromatic carbocycles. The third-order valence-electron chi connectivity index (χ3n) is 4.78. The number of hydrogen-bond acceptors (Lipinski definition) is 3. The van der Waals surface area contributed by atoms with Crippen molar-refractivity contribution >= 4 is 22.6 Å². The number of nitrogens with one attached hydrogen (secondary N) is 1. The summed E-state index contributed by atoms with van der Waals surface area (Å²) in [5.74, 6) is -0.332. The molecule has 0 aliphatic rings. The zero-order chi connectivity index (χ0) is 18.4. The lowest BCUT2D eigenvalue weighted by Gasteiger charge is -2.31. The first-order valence-corrected chi connectivity index (χ1v) is 8.51. The summed E-state index contributed by atoms with van der Waals surface area (Å²) in [7, 11) is 1.61. The molecule has 0 atom stereocenters. The molecule has 2 N–H and O–H groups in total. The van der Waals surface area contributed by atoms with Crippen molar-refractivity contribution in [1.29, 1.82) is 0 Å². The predicted molar refractivity (Wildman–Crippen MR) is 97.9 cm³/mol. The largest absolute Gasteiger partial charge is 0.497 e. The molecule has 2 rings (SSSR count). The van der Waals surface area contributed by atoms with Gasteiger partial charge in [-0.2, -0.15) is 0 Å². The van der Waals surface area contributed by atoms with Crippen molar-refractivity contribution in [3.8, 4) is 5.75 Å². The second kappa shape index (κ2) is 8.01. The topological polar surface area (TPSA) is 75.6 Å². The lowest BCUT2D eigenvalue weighted by molar-refractivity contribution is -0.139. The molecule has 2 aromatic rings. The zero-order valence-electron chi connectivity index (χ0n) is 15.0. The van der Waals surface area contributed by atoms with E-state index in [1.807, 2.05) is 50.2 Å². The molecule has 1 amide bonds. The molecule has 0 saturated carbocycles. The van der Waals surface area contributed by atoms with E-state index in [0.717, 1.165) is 22.1 Å². The van der Waals surface area contributed by atoms with Crippen LogP contribution >= 0.6 is 0 Å². The zero-order valence-corrected chi connectivity index (χ0v) is 15.0. The number of benzene rings is 2. The lowest BCUT2D eigenvalue weighted by atomic mass is 9.88. The molecule has 0 saturated heterocycles. The van der Waals surface area contributed by atoms with Gasteiger partial charge in [-0.1, -0.05) is 38.1 Å². The highest BCUT2D eigenvalue weighted by Gasteiger charge is 2.30. The Labute approximate surface area is 148 Å². The molecule has 0 radical (unpaired) electrons. The van der Waals surface area contributed by atoms with E-state index >= 15 is 0 Å². The van der Waals surface area contributed by atoms with Crippen molar-refractivity contribution in [2.75, 3.05) is 7.11 Å². The summed E-state index contributed by atoms with van der Waals surface area (Å²) in [6.45, 7) is 3.80. The van der Waals surface area contributed by atoms with Crippen LogP contribution in [0.3, 0.4) is 0 Å². The minimum Gasteiger partial charge on any atom is -0.497 e. The minimum absolute atomic E-state index is 0.0743. The number of ether oxygens (including phenoxy) is 1. The van der Waals surface area contributed by atoms with Gasteiger partial charge in [-0.05, 0) is 41.3 Å². The van der Waals surface area contributed by atoms with Crippen LogP contribution in [0.25, 0.3) is 10.8 Å². The summed E-state index contributed by atoms with van der Waals surface area (Å²) in [6.07, 6.45) is 1.27. The van der Waals surface area contributed by atoms with Crippen molar-refractivity contribution in [1.82, 2.24) is 5.32 Å². The van der Waals surface area contributed by atoms with Crippen LogP contribution in [-0.2, 0) is 16.0 Å². The molecule has 5 nitrogen and oxygen atoms in total. The van der Waals surface area contributed by atoms with Gasteiger partial charge >= 0.3 is 5.97 Å². The number of aliphatic carboxylic acids is 1. The minimum atomic E-state index is -0.904. The molecule has 0 spiro atoms. The lowest BCUT2D eigenvalue weighted by Crippen LogP contribution is -2.49. The first-order valence-electron chi connectivity index (χ1n) is 8.51. The fourth-order valence-corrected chi connectivity index (χ4v) is 3.12. The summed E-state index contributed by atoms with van der Waals surface area (Å²) < 4.78 is 5.28. The van der Waals surface area contributed by atoms with E-state index < -0.39 is 11.5 Å². The van der Waals surface area contributed by atoms with Gasteiger partial charge in [0.25, 0.3) is 0 Å². The molecule has 0 aromatic heterocycles. The van der Waals surface area contributed by atoms with Crippen LogP contribution in [0.4, 0.5) is 0 Å². The fourth-order valence-electron chi connectivity index (χ4n) is 3.12. The number of hydrogen-bond donors (Lipinski definition) is 2. The van der Waals surface area contributed by atoms with E-state index in [-0.39, 0.29) is 18.7 Å². The Bertz CT molecular complexity index is 765. The van der Waals surface area contributed by atoms with E-state index in [4.69, 9.17) is 9.84 Å². The summed E-state index contributed by atoms with van der Waals surface area (Å²) >= 11 is 0. The number of carbonyl (C=O) groups excluding carboxylic acids is 1. The molecule has 0 aliphatic carbocycles. The van der Waals surface area contributed by atoms with E-state index in [1.165, 1.54) is 0 Å². The Morgan fingerprint density at radius 3 is 2.48 bits per heavy atom. The van der Waals surface area contributed by atoms with E-state index in [1.54, 1.807) is 7.11 Å². The van der Waals surface area contributed by atoms with Gasteiger partial charge in [0.05, 0.1) is 20.0 Å². The normalized spacial score (nSPS) is 11.3. The number of methoxy groups -OCH3 is 1. The molecular weight excluding hydrogens is 318 g/mol. The van der Waals surface area contributed by atoms with Crippen molar-refractivity contribution in [3.05, 3.63) is 42.0 Å². The quantitative estimate of drug-likeness (QED) is 0.769. The van der Waals surface area contributed by atoms with Crippen molar-refractivity contribution < 1.29 is 19.4 Å². The Kier molecular flexibility index (Phi) is 6.02. The van der Waals surface area contributed by atoms with Crippen molar-refractivity contribution in [2.45, 2.75) is 45.1 Å². The highest BCUT2D eigenvalue weighted by Crippen LogP contribution is 2.25. The van der Waals surface area contributed by atoms with Gasteiger partial charge in [0.15, 0.2) is 0 Å². The molecule has 134 valence electrons. The molecule has 5 heteroatoms. The molecular formula is C20H25NO4. The maximum absolute atomic E-state index is 12.6. The SMILES string of the molecule is CCC(CC)(CC(=O)O)NC(=O)Cc1cccc2ccc(OC)cc12. The number of carbonyl (C=O) groups is 2. The highest BCUT2D eigenvalue weighted by atomic mass is 16.5. The predicted octanol–water partition coefficient (Wildman–Crippen LogP) is 3.54. The van der Waals surface area contributed by atoms with Crippen molar-refractivity contribution in [3.63, 3.8) is 0 Å². The summed E-state index contributed by atoms with van der Waals surface area (Å²) in [5, 5.41) is 14.1. The average Bonchev–Trinajstić information content (AvgIpc) is 2.60. The molecule has 0 aliphatic heterocycles. The van der Waals surface area contributed by atoms with Gasteiger partial charge in [0, 0.05) is 5.54 Å². The van der Waals surface area contributed by atoms with Crippen LogP contribution in [0.5, 0.6) is 5.75 Å². The Morgan fingerprint density at radius 2 is 1.88 bits per heavy atom. The molecule has 0 unspecified atom stereocenters. The smallest absolute Gasteiger partial charge is 0.305 e. The summed E-state index contributed by atoms with van der Waals surface area (Å²) in [5.41, 5.74) is 0.191. The van der Waals surface area contributed by atoms with Crippen LogP contribution < -0.4 is 10.1 Å². The van der Waals surface area contributed by atoms with Gasteiger partial charge in [0.1, 0.15) is 5.75 Å². The maximum atomic E-state index is 12.6. The third kappa shape index (κ3) is 4.50. The van der Waals surface area contributed by atoms with Gasteiger partial charge in [0.2, 0.25) is 5.91 Å². The monoisotopic (exact) mass is 343 g/mol. The Hall–Kier alpha value is -2.56. The van der Waals surface area contributed by atoms with Gasteiger partial charge in [-0.3, -0.25) is 9.59 Å². The second-order valence-electron chi connectivity index (χ2n) is 6.29. The molecule has 0 bridgehead atoms. The van der Waals surface area contributed by atoms with Crippen LogP contribution in [0.1, 0.15) is 38.7 Å². The standard InChI is InChI=1S/C20H25NO4/c1-4-20(5-2,13-19(23)24)21-18(22)11-15-8-6-7-14-9-10-16(25-3)12-17(14)15/h6-10,12H,4-5,11,13H2,1-3H3,(H,21,22)(H,23,24). The number of carboxylic acids is 1. The Morgan fingerprint density at radius 1 is 1.16 bits per heavy atom. The number of amides is 1. The average molecular weight is 343 g/mol. The van der Waals surface area contributed by atoms with E-state index in [2.05, 4.69) is 5.32 Å². The number of carboxylic acid groups (broad SMARTS) is 1. The van der Waals surface area contributed by atoms with Crippen LogP contribution in [0.15, 0.2) is 36.4 Å². The van der Waals surface area contributed by atoms with Crippen LogP contribution in [0.2, 0.25) is 0 Å². The highest BCUT2D eigenvalue weighted by molar-refractivity contribution is 5.91. The molecule has 25 heavy (non-hydrogen) atoms. The first-order chi connectivity index (χ1) is 11.9. The van der Waals surface area contributed by atoms with Gasteiger partial charge in [-0.15, -0.1) is 0 Å². The Balaban J connectivity index is 2.25. The fraction of sp³-hybridized carbons (Fsp3) is 0.400. The maximum Gasteiger partial charge on any atom is 0.305 e. The molecule has 0 heterocycles. The van der Waals surface area contributed by atoms with E-state index in [0.29, 0.717) is 12.8 Å². The third-order valence-corrected chi connectivity index (χ3v) is 4.78.